The molecular weight excluding hydrogens is 278 g/mol. The van der Waals surface area contributed by atoms with E-state index in [2.05, 4.69) is 15.5 Å². The third-order valence-electron chi connectivity index (χ3n) is 3.76. The highest BCUT2D eigenvalue weighted by molar-refractivity contribution is 6.33. The second-order valence-corrected chi connectivity index (χ2v) is 5.37. The molecule has 0 spiro atoms. The van der Waals surface area contributed by atoms with Crippen molar-refractivity contribution in [2.45, 2.75) is 31.4 Å². The van der Waals surface area contributed by atoms with Crippen LogP contribution in [-0.4, -0.2) is 33.4 Å². The molecular formula is C13H16ClN5O. The molecule has 2 N–H and O–H groups in total. The summed E-state index contributed by atoms with van der Waals surface area (Å²) in [7, 11) is 1.72. The van der Waals surface area contributed by atoms with Gasteiger partial charge in [-0.15, -0.1) is 5.10 Å². The highest BCUT2D eigenvalue weighted by Crippen LogP contribution is 2.35. The predicted molar refractivity (Wildman–Crippen MR) is 76.4 cm³/mol. The maximum atomic E-state index is 6.24. The molecule has 6 nitrogen and oxygen atoms in total. The highest BCUT2D eigenvalue weighted by atomic mass is 35.5. The van der Waals surface area contributed by atoms with Crippen LogP contribution in [0.4, 0.5) is 5.69 Å². The fraction of sp³-hybridized carbons (Fsp3) is 0.462. The van der Waals surface area contributed by atoms with Crippen LogP contribution < -0.4 is 5.73 Å². The molecule has 2 aromatic rings. The van der Waals surface area contributed by atoms with Gasteiger partial charge in [0.2, 0.25) is 0 Å². The Bertz CT molecular complexity index is 615. The number of tetrazole rings is 1. The fourth-order valence-electron chi connectivity index (χ4n) is 2.77. The van der Waals surface area contributed by atoms with Crippen LogP contribution >= 0.6 is 11.6 Å². The van der Waals surface area contributed by atoms with Crippen LogP contribution in [-0.2, 0) is 4.74 Å². The lowest BCUT2D eigenvalue weighted by Gasteiger charge is -2.19. The third kappa shape index (κ3) is 2.25. The van der Waals surface area contributed by atoms with Crippen LogP contribution in [0.1, 0.15) is 25.3 Å². The van der Waals surface area contributed by atoms with Gasteiger partial charge in [-0.2, -0.15) is 0 Å². The van der Waals surface area contributed by atoms with Gasteiger partial charge in [0.05, 0.1) is 17.2 Å². The molecule has 1 saturated carbocycles. The van der Waals surface area contributed by atoms with Gasteiger partial charge >= 0.3 is 0 Å². The molecule has 1 aliphatic rings. The molecule has 1 heterocycles. The molecule has 2 atom stereocenters. The number of anilines is 1. The van der Waals surface area contributed by atoms with E-state index in [9.17, 15) is 0 Å². The second-order valence-electron chi connectivity index (χ2n) is 4.96. The lowest BCUT2D eigenvalue weighted by Crippen LogP contribution is -2.22. The first-order valence-corrected chi connectivity index (χ1v) is 6.94. The molecule has 1 fully saturated rings. The number of benzene rings is 1. The van der Waals surface area contributed by atoms with Crippen molar-refractivity contribution in [3.8, 4) is 11.4 Å². The molecule has 106 valence electrons. The highest BCUT2D eigenvalue weighted by Gasteiger charge is 2.32. The average Bonchev–Trinajstić information content (AvgIpc) is 3.08. The monoisotopic (exact) mass is 293 g/mol. The van der Waals surface area contributed by atoms with E-state index in [0.717, 1.165) is 24.8 Å². The first-order chi connectivity index (χ1) is 9.70. The second kappa shape index (κ2) is 5.38. The Morgan fingerprint density at radius 3 is 3.05 bits per heavy atom. The molecule has 2 unspecified atom stereocenters. The summed E-state index contributed by atoms with van der Waals surface area (Å²) in [6, 6.07) is 5.45. The Morgan fingerprint density at radius 1 is 1.40 bits per heavy atom. The van der Waals surface area contributed by atoms with E-state index in [1.807, 2.05) is 4.68 Å². The molecule has 20 heavy (non-hydrogen) atoms. The van der Waals surface area contributed by atoms with Crippen molar-refractivity contribution in [3.05, 3.63) is 23.2 Å². The van der Waals surface area contributed by atoms with Crippen molar-refractivity contribution >= 4 is 17.3 Å². The van der Waals surface area contributed by atoms with E-state index in [-0.39, 0.29) is 12.1 Å². The van der Waals surface area contributed by atoms with Gasteiger partial charge in [-0.25, -0.2) is 4.68 Å². The Kier molecular flexibility index (Phi) is 3.58. The molecule has 1 aliphatic carbocycles. The summed E-state index contributed by atoms with van der Waals surface area (Å²) in [4.78, 5) is 0. The number of nitrogens with two attached hydrogens (primary N) is 1. The van der Waals surface area contributed by atoms with E-state index in [0.29, 0.717) is 16.5 Å². The first kappa shape index (κ1) is 13.3. The molecule has 1 aromatic carbocycles. The number of aromatic nitrogens is 4. The van der Waals surface area contributed by atoms with Crippen LogP contribution in [0.5, 0.6) is 0 Å². The average molecular weight is 294 g/mol. The zero-order valence-corrected chi connectivity index (χ0v) is 11.9. The Labute approximate surface area is 121 Å². The number of ether oxygens (including phenoxy) is 1. The van der Waals surface area contributed by atoms with E-state index < -0.39 is 0 Å². The largest absolute Gasteiger partial charge is 0.399 e. The summed E-state index contributed by atoms with van der Waals surface area (Å²) in [5.74, 6) is 0.635. The third-order valence-corrected chi connectivity index (χ3v) is 4.09. The van der Waals surface area contributed by atoms with Gasteiger partial charge in [0, 0.05) is 18.4 Å². The zero-order chi connectivity index (χ0) is 14.1. The van der Waals surface area contributed by atoms with Crippen molar-refractivity contribution in [2.75, 3.05) is 12.8 Å². The van der Waals surface area contributed by atoms with Gasteiger partial charge in [-0.05, 0) is 47.9 Å². The Hall–Kier alpha value is -1.66. The molecule has 0 saturated heterocycles. The minimum absolute atomic E-state index is 0.136. The lowest BCUT2D eigenvalue weighted by atomic mass is 10.1. The van der Waals surface area contributed by atoms with Crippen molar-refractivity contribution in [2.24, 2.45) is 0 Å². The molecule has 0 bridgehead atoms. The Balaban J connectivity index is 2.04. The summed E-state index contributed by atoms with van der Waals surface area (Å²) in [5, 5.41) is 12.6. The van der Waals surface area contributed by atoms with Crippen molar-refractivity contribution in [1.82, 2.24) is 20.2 Å². The molecule has 7 heteroatoms. The van der Waals surface area contributed by atoms with Crippen LogP contribution in [0.25, 0.3) is 11.4 Å². The summed E-state index contributed by atoms with van der Waals surface area (Å²) in [6.07, 6.45) is 3.26. The van der Waals surface area contributed by atoms with Crippen molar-refractivity contribution < 1.29 is 4.74 Å². The van der Waals surface area contributed by atoms with Crippen LogP contribution in [0.2, 0.25) is 5.02 Å². The number of nitrogens with zero attached hydrogens (tertiary/aromatic N) is 4. The predicted octanol–water partition coefficient (Wildman–Crippen LogP) is 2.32. The number of methoxy groups -OCH3 is 1. The topological polar surface area (TPSA) is 78.8 Å². The maximum absolute atomic E-state index is 6.24. The van der Waals surface area contributed by atoms with Gasteiger partial charge in [-0.3, -0.25) is 0 Å². The van der Waals surface area contributed by atoms with Gasteiger partial charge in [-0.1, -0.05) is 11.6 Å². The van der Waals surface area contributed by atoms with E-state index in [1.54, 1.807) is 25.3 Å². The minimum atomic E-state index is 0.136. The number of rotatable bonds is 3. The molecule has 0 amide bonds. The smallest absolute Gasteiger partial charge is 0.183 e. The number of nitrogen functional groups attached to an aromatic ring is 1. The normalized spacial score (nSPS) is 22.3. The van der Waals surface area contributed by atoms with Gasteiger partial charge in [0.1, 0.15) is 0 Å². The van der Waals surface area contributed by atoms with E-state index >= 15 is 0 Å². The van der Waals surface area contributed by atoms with E-state index in [4.69, 9.17) is 22.1 Å². The summed E-state index contributed by atoms with van der Waals surface area (Å²) < 4.78 is 7.33. The number of hydrogen-bond acceptors (Lipinski definition) is 5. The number of halogens is 1. The maximum Gasteiger partial charge on any atom is 0.183 e. The van der Waals surface area contributed by atoms with Crippen molar-refractivity contribution in [1.29, 1.82) is 0 Å². The SMILES string of the molecule is COC1CCCC1n1nnnc1-c1cc(N)ccc1Cl. The van der Waals surface area contributed by atoms with Gasteiger partial charge < -0.3 is 10.5 Å². The molecule has 0 radical (unpaired) electrons. The van der Waals surface area contributed by atoms with Crippen LogP contribution in [0.15, 0.2) is 18.2 Å². The van der Waals surface area contributed by atoms with Gasteiger partial charge in [0.15, 0.2) is 5.82 Å². The first-order valence-electron chi connectivity index (χ1n) is 6.56. The zero-order valence-electron chi connectivity index (χ0n) is 11.2. The van der Waals surface area contributed by atoms with Crippen LogP contribution in [0.3, 0.4) is 0 Å². The molecule has 1 aromatic heterocycles. The van der Waals surface area contributed by atoms with Crippen LogP contribution in [0, 0.1) is 0 Å². The van der Waals surface area contributed by atoms with Gasteiger partial charge in [0.25, 0.3) is 0 Å². The lowest BCUT2D eigenvalue weighted by molar-refractivity contribution is 0.0708. The van der Waals surface area contributed by atoms with Crippen molar-refractivity contribution in [3.63, 3.8) is 0 Å². The molecule has 3 rings (SSSR count). The minimum Gasteiger partial charge on any atom is -0.399 e. The Morgan fingerprint density at radius 2 is 2.25 bits per heavy atom. The quantitative estimate of drug-likeness (QED) is 0.879. The fourth-order valence-corrected chi connectivity index (χ4v) is 2.97. The summed E-state index contributed by atoms with van der Waals surface area (Å²) in [6.45, 7) is 0. The summed E-state index contributed by atoms with van der Waals surface area (Å²) >= 11 is 6.24. The summed E-state index contributed by atoms with van der Waals surface area (Å²) in [5.41, 5.74) is 7.21. The standard InChI is InChI=1S/C13H16ClN5O/c1-20-12-4-2-3-11(12)19-13(16-17-18-19)9-7-8(15)5-6-10(9)14/h5-7,11-12H,2-4,15H2,1H3. The molecule has 0 aliphatic heterocycles. The van der Waals surface area contributed by atoms with E-state index in [1.165, 1.54) is 0 Å². The number of hydrogen-bond donors (Lipinski definition) is 1.